The second kappa shape index (κ2) is 7.90. The maximum absolute atomic E-state index is 11.9. The maximum atomic E-state index is 11.9. The summed E-state index contributed by atoms with van der Waals surface area (Å²) >= 11 is 11.8. The molecule has 0 heterocycles. The number of amides is 1. The molecule has 0 spiro atoms. The second-order valence-electron chi connectivity index (χ2n) is 4.60. The fraction of sp³-hybridized carbons (Fsp3) is 0.118. The standard InChI is InChI=1S/C17H15Cl2NO3/c1-22-15-5-3-11(7-16(15)23-2)4-6-17(21)20-14-9-12(18)8-13(19)10-14/h3-10H,1-2H3,(H,20,21). The van der Waals surface area contributed by atoms with Gasteiger partial charge in [0, 0.05) is 21.8 Å². The van der Waals surface area contributed by atoms with Gasteiger partial charge >= 0.3 is 0 Å². The Labute approximate surface area is 144 Å². The third kappa shape index (κ3) is 4.91. The topological polar surface area (TPSA) is 47.6 Å². The van der Waals surface area contributed by atoms with Gasteiger partial charge in [-0.1, -0.05) is 29.3 Å². The lowest BCUT2D eigenvalue weighted by Gasteiger charge is -2.07. The van der Waals surface area contributed by atoms with E-state index in [1.165, 1.54) is 6.08 Å². The Balaban J connectivity index is 2.09. The van der Waals surface area contributed by atoms with Crippen LogP contribution in [0.5, 0.6) is 11.5 Å². The molecular formula is C17H15Cl2NO3. The number of methoxy groups -OCH3 is 2. The Morgan fingerprint density at radius 2 is 1.65 bits per heavy atom. The summed E-state index contributed by atoms with van der Waals surface area (Å²) in [5, 5.41) is 3.60. The summed E-state index contributed by atoms with van der Waals surface area (Å²) in [5.41, 5.74) is 1.34. The van der Waals surface area contributed by atoms with Crippen LogP contribution in [0.15, 0.2) is 42.5 Å². The van der Waals surface area contributed by atoms with Crippen molar-refractivity contribution in [1.82, 2.24) is 0 Å². The monoisotopic (exact) mass is 351 g/mol. The van der Waals surface area contributed by atoms with Crippen LogP contribution in [0.2, 0.25) is 10.0 Å². The first kappa shape index (κ1) is 17.2. The number of anilines is 1. The van der Waals surface area contributed by atoms with E-state index in [4.69, 9.17) is 32.7 Å². The first-order valence-electron chi connectivity index (χ1n) is 6.69. The molecule has 0 fully saturated rings. The van der Waals surface area contributed by atoms with Crippen molar-refractivity contribution in [3.05, 3.63) is 58.1 Å². The van der Waals surface area contributed by atoms with Crippen LogP contribution in [-0.2, 0) is 4.79 Å². The molecule has 1 N–H and O–H groups in total. The molecule has 0 saturated carbocycles. The molecule has 6 heteroatoms. The van der Waals surface area contributed by atoms with Crippen LogP contribution < -0.4 is 14.8 Å². The van der Waals surface area contributed by atoms with Gasteiger partial charge in [0.05, 0.1) is 14.2 Å². The van der Waals surface area contributed by atoms with Gasteiger partial charge in [0.25, 0.3) is 0 Å². The van der Waals surface area contributed by atoms with Crippen molar-refractivity contribution >= 4 is 40.9 Å². The summed E-state index contributed by atoms with van der Waals surface area (Å²) in [4.78, 5) is 11.9. The van der Waals surface area contributed by atoms with E-state index in [1.54, 1.807) is 50.6 Å². The summed E-state index contributed by atoms with van der Waals surface area (Å²) in [6.07, 6.45) is 3.08. The van der Waals surface area contributed by atoms with Crippen molar-refractivity contribution in [2.24, 2.45) is 0 Å². The number of hydrogen-bond acceptors (Lipinski definition) is 3. The minimum absolute atomic E-state index is 0.293. The van der Waals surface area contributed by atoms with Crippen LogP contribution in [0.1, 0.15) is 5.56 Å². The number of hydrogen-bond donors (Lipinski definition) is 1. The number of carbonyl (C=O) groups excluding carboxylic acids is 1. The summed E-state index contributed by atoms with van der Waals surface area (Å²) in [7, 11) is 3.12. The van der Waals surface area contributed by atoms with E-state index in [0.717, 1.165) is 5.56 Å². The lowest BCUT2D eigenvalue weighted by molar-refractivity contribution is -0.111. The second-order valence-corrected chi connectivity index (χ2v) is 5.47. The van der Waals surface area contributed by atoms with E-state index in [1.807, 2.05) is 6.07 Å². The Morgan fingerprint density at radius 1 is 1.00 bits per heavy atom. The summed E-state index contributed by atoms with van der Waals surface area (Å²) in [5.74, 6) is 0.928. The van der Waals surface area contributed by atoms with Crippen LogP contribution in [0.3, 0.4) is 0 Å². The number of ether oxygens (including phenoxy) is 2. The van der Waals surface area contributed by atoms with Gasteiger partial charge in [-0.25, -0.2) is 0 Å². The van der Waals surface area contributed by atoms with Crippen molar-refractivity contribution in [2.75, 3.05) is 19.5 Å². The fourth-order valence-electron chi connectivity index (χ4n) is 1.94. The lowest BCUT2D eigenvalue weighted by atomic mass is 10.2. The molecule has 0 atom stereocenters. The zero-order chi connectivity index (χ0) is 16.8. The van der Waals surface area contributed by atoms with Gasteiger partial charge in [-0.3, -0.25) is 4.79 Å². The van der Waals surface area contributed by atoms with E-state index in [2.05, 4.69) is 5.32 Å². The van der Waals surface area contributed by atoms with E-state index in [0.29, 0.717) is 27.2 Å². The molecule has 23 heavy (non-hydrogen) atoms. The van der Waals surface area contributed by atoms with E-state index < -0.39 is 0 Å². The Hall–Kier alpha value is -2.17. The van der Waals surface area contributed by atoms with Crippen LogP contribution in [0.4, 0.5) is 5.69 Å². The highest BCUT2D eigenvalue weighted by Crippen LogP contribution is 2.28. The normalized spacial score (nSPS) is 10.6. The number of carbonyl (C=O) groups is 1. The molecule has 0 bridgehead atoms. The third-order valence-corrected chi connectivity index (χ3v) is 3.40. The van der Waals surface area contributed by atoms with E-state index in [-0.39, 0.29) is 5.91 Å². The largest absolute Gasteiger partial charge is 0.493 e. The number of rotatable bonds is 5. The molecule has 2 aromatic rings. The van der Waals surface area contributed by atoms with Crippen LogP contribution >= 0.6 is 23.2 Å². The molecule has 0 aromatic heterocycles. The fourth-order valence-corrected chi connectivity index (χ4v) is 2.46. The molecule has 0 saturated heterocycles. The smallest absolute Gasteiger partial charge is 0.248 e. The average molecular weight is 352 g/mol. The number of nitrogens with one attached hydrogen (secondary N) is 1. The van der Waals surface area contributed by atoms with Gasteiger partial charge < -0.3 is 14.8 Å². The molecule has 2 rings (SSSR count). The zero-order valence-electron chi connectivity index (χ0n) is 12.6. The number of benzene rings is 2. The van der Waals surface area contributed by atoms with E-state index in [9.17, 15) is 4.79 Å². The van der Waals surface area contributed by atoms with Gasteiger partial charge in [-0.05, 0) is 42.0 Å². The lowest BCUT2D eigenvalue weighted by Crippen LogP contribution is -2.07. The zero-order valence-corrected chi connectivity index (χ0v) is 14.1. The minimum Gasteiger partial charge on any atom is -0.493 e. The molecule has 0 radical (unpaired) electrons. The minimum atomic E-state index is -0.293. The van der Waals surface area contributed by atoms with Crippen LogP contribution in [-0.4, -0.2) is 20.1 Å². The highest BCUT2D eigenvalue weighted by Gasteiger charge is 2.04. The summed E-state index contributed by atoms with van der Waals surface area (Å²) in [6.45, 7) is 0. The molecule has 120 valence electrons. The SMILES string of the molecule is COc1ccc(C=CC(=O)Nc2cc(Cl)cc(Cl)c2)cc1OC. The van der Waals surface area contributed by atoms with Gasteiger partial charge in [0.15, 0.2) is 11.5 Å². The molecule has 0 aliphatic heterocycles. The van der Waals surface area contributed by atoms with Crippen molar-refractivity contribution in [3.8, 4) is 11.5 Å². The van der Waals surface area contributed by atoms with Crippen LogP contribution in [0.25, 0.3) is 6.08 Å². The molecule has 2 aromatic carbocycles. The van der Waals surface area contributed by atoms with Crippen molar-refractivity contribution in [3.63, 3.8) is 0 Å². The van der Waals surface area contributed by atoms with Gasteiger partial charge in [0.2, 0.25) is 5.91 Å². The summed E-state index contributed by atoms with van der Waals surface area (Å²) < 4.78 is 10.4. The van der Waals surface area contributed by atoms with E-state index >= 15 is 0 Å². The predicted molar refractivity (Wildman–Crippen MR) is 93.7 cm³/mol. The average Bonchev–Trinajstić information content (AvgIpc) is 2.51. The van der Waals surface area contributed by atoms with Crippen molar-refractivity contribution < 1.29 is 14.3 Å². The Morgan fingerprint density at radius 3 is 2.26 bits per heavy atom. The highest BCUT2D eigenvalue weighted by molar-refractivity contribution is 6.35. The van der Waals surface area contributed by atoms with Crippen molar-refractivity contribution in [2.45, 2.75) is 0 Å². The van der Waals surface area contributed by atoms with Gasteiger partial charge in [-0.2, -0.15) is 0 Å². The number of halogens is 2. The van der Waals surface area contributed by atoms with Crippen LogP contribution in [0, 0.1) is 0 Å². The molecule has 4 nitrogen and oxygen atoms in total. The van der Waals surface area contributed by atoms with Crippen molar-refractivity contribution in [1.29, 1.82) is 0 Å². The van der Waals surface area contributed by atoms with Gasteiger partial charge in [-0.15, -0.1) is 0 Å². The molecule has 0 aliphatic rings. The Bertz CT molecular complexity index is 724. The van der Waals surface area contributed by atoms with Gasteiger partial charge in [0.1, 0.15) is 0 Å². The molecule has 0 aliphatic carbocycles. The quantitative estimate of drug-likeness (QED) is 0.796. The first-order chi connectivity index (χ1) is 11.0. The molecular weight excluding hydrogens is 337 g/mol. The summed E-state index contributed by atoms with van der Waals surface area (Å²) in [6, 6.07) is 10.2. The Kier molecular flexibility index (Phi) is 5.90. The molecule has 0 unspecified atom stereocenters. The maximum Gasteiger partial charge on any atom is 0.248 e. The molecule has 1 amide bonds. The first-order valence-corrected chi connectivity index (χ1v) is 7.44. The third-order valence-electron chi connectivity index (χ3n) is 2.96. The highest BCUT2D eigenvalue weighted by atomic mass is 35.5. The predicted octanol–water partition coefficient (Wildman–Crippen LogP) is 4.66.